The number of hydrogen-bond acceptors (Lipinski definition) is 4. The summed E-state index contributed by atoms with van der Waals surface area (Å²) in [5.74, 6) is 1.06. The Morgan fingerprint density at radius 1 is 0.370 bits per heavy atom. The molecule has 2 N–H and O–H groups in total. The van der Waals surface area contributed by atoms with E-state index < -0.39 is 13.6 Å². The molecule has 4 nitrogen and oxygen atoms in total. The Hall–Kier alpha value is -5.68. The van der Waals surface area contributed by atoms with Crippen LogP contribution < -0.4 is 9.47 Å². The quantitative estimate of drug-likeness (QED) is 0.179. The third-order valence-corrected chi connectivity index (χ3v) is 8.85. The van der Waals surface area contributed by atoms with Gasteiger partial charge in [0, 0.05) is 11.1 Å². The van der Waals surface area contributed by atoms with Crippen molar-refractivity contribution in [2.45, 2.75) is 0 Å². The fourth-order valence-electron chi connectivity index (χ4n) is 6.80. The Morgan fingerprint density at radius 3 is 1.26 bits per heavy atom. The summed E-state index contributed by atoms with van der Waals surface area (Å²) in [4.78, 5) is 0. The normalized spacial score (nSPS) is 11.4. The van der Waals surface area contributed by atoms with Crippen molar-refractivity contribution in [3.05, 3.63) is 146 Å². The van der Waals surface area contributed by atoms with E-state index >= 15 is 0 Å². The molecule has 0 saturated heterocycles. The van der Waals surface area contributed by atoms with Crippen LogP contribution in [0.15, 0.2) is 146 Å². The van der Waals surface area contributed by atoms with E-state index in [1.165, 1.54) is 21.5 Å². The SMILES string of the molecule is OCOc1ccc2cc(-c3cccc4ccccc34)ccc2c1-c1c(OCO)ccc2cc(-c3cccc4ccccc34)ccc12. The van der Waals surface area contributed by atoms with Gasteiger partial charge in [0.05, 0.1) is 0 Å². The molecular formula is C42H30O4. The molecule has 222 valence electrons. The summed E-state index contributed by atoms with van der Waals surface area (Å²) in [6, 6.07) is 50.3. The molecule has 0 aromatic heterocycles. The van der Waals surface area contributed by atoms with Crippen molar-refractivity contribution in [1.82, 2.24) is 0 Å². The lowest BCUT2D eigenvalue weighted by Crippen LogP contribution is -2.01. The van der Waals surface area contributed by atoms with E-state index in [0.717, 1.165) is 54.9 Å². The molecule has 0 fully saturated rings. The highest BCUT2D eigenvalue weighted by Gasteiger charge is 2.20. The lowest BCUT2D eigenvalue weighted by molar-refractivity contribution is 0.0971. The topological polar surface area (TPSA) is 58.9 Å². The van der Waals surface area contributed by atoms with Gasteiger partial charge in [-0.3, -0.25) is 0 Å². The van der Waals surface area contributed by atoms with Gasteiger partial charge in [-0.05, 0) is 89.6 Å². The molecule has 8 aromatic carbocycles. The molecule has 0 amide bonds. The number of rotatable bonds is 7. The maximum Gasteiger partial charge on any atom is 0.186 e. The van der Waals surface area contributed by atoms with Crippen LogP contribution in [0.1, 0.15) is 0 Å². The molecule has 0 heterocycles. The Kier molecular flexibility index (Phi) is 7.07. The minimum atomic E-state index is -0.473. The predicted octanol–water partition coefficient (Wildman–Crippen LogP) is 9.96. The van der Waals surface area contributed by atoms with E-state index in [4.69, 9.17) is 9.47 Å². The highest BCUT2D eigenvalue weighted by atomic mass is 16.6. The largest absolute Gasteiger partial charge is 0.467 e. The van der Waals surface area contributed by atoms with Crippen LogP contribution in [0.3, 0.4) is 0 Å². The average molecular weight is 599 g/mol. The minimum Gasteiger partial charge on any atom is -0.467 e. The summed E-state index contributed by atoms with van der Waals surface area (Å²) >= 11 is 0. The first kappa shape index (κ1) is 27.8. The molecule has 0 unspecified atom stereocenters. The first-order chi connectivity index (χ1) is 22.7. The van der Waals surface area contributed by atoms with Gasteiger partial charge in [-0.1, -0.05) is 121 Å². The molecule has 0 atom stereocenters. The number of ether oxygens (including phenoxy) is 2. The zero-order chi connectivity index (χ0) is 31.0. The molecule has 0 saturated carbocycles. The average Bonchev–Trinajstić information content (AvgIpc) is 3.11. The van der Waals surface area contributed by atoms with Crippen molar-refractivity contribution in [2.75, 3.05) is 13.6 Å². The van der Waals surface area contributed by atoms with E-state index in [1.54, 1.807) is 0 Å². The first-order valence-corrected chi connectivity index (χ1v) is 15.3. The van der Waals surface area contributed by atoms with E-state index in [1.807, 2.05) is 24.3 Å². The lowest BCUT2D eigenvalue weighted by atomic mass is 9.89. The Labute approximate surface area is 266 Å². The van der Waals surface area contributed by atoms with Crippen LogP contribution in [-0.4, -0.2) is 23.8 Å². The number of aliphatic hydroxyl groups excluding tert-OH is 2. The summed E-state index contributed by atoms with van der Waals surface area (Å²) in [5.41, 5.74) is 6.12. The standard InChI is InChI=1S/C42H30O4/c43-25-45-39-21-17-31-23-29(35-13-5-9-27-7-1-3-11-33(27)35)15-19-37(31)41(39)42-38-20-16-30(24-32(38)18-22-40(42)46-26-44)36-14-6-10-28-8-2-4-12-34(28)36/h1-24,43-44H,25-26H2. The lowest BCUT2D eigenvalue weighted by Gasteiger charge is -2.19. The number of fused-ring (bicyclic) bond motifs is 4. The van der Waals surface area contributed by atoms with Gasteiger partial charge < -0.3 is 19.7 Å². The molecule has 0 radical (unpaired) electrons. The van der Waals surface area contributed by atoms with E-state index in [-0.39, 0.29) is 0 Å². The van der Waals surface area contributed by atoms with Gasteiger partial charge >= 0.3 is 0 Å². The van der Waals surface area contributed by atoms with Gasteiger partial charge in [-0.25, -0.2) is 0 Å². The third-order valence-electron chi connectivity index (χ3n) is 8.85. The zero-order valence-electron chi connectivity index (χ0n) is 25.0. The van der Waals surface area contributed by atoms with Crippen LogP contribution in [0.25, 0.3) is 76.5 Å². The number of benzene rings is 8. The van der Waals surface area contributed by atoms with Gasteiger partial charge in [0.2, 0.25) is 0 Å². The van der Waals surface area contributed by atoms with Crippen molar-refractivity contribution in [3.8, 4) is 44.9 Å². The number of aliphatic hydroxyl groups is 2. The van der Waals surface area contributed by atoms with Crippen LogP contribution >= 0.6 is 0 Å². The zero-order valence-corrected chi connectivity index (χ0v) is 25.0. The van der Waals surface area contributed by atoms with E-state index in [2.05, 4.69) is 121 Å². The second-order valence-corrected chi connectivity index (χ2v) is 11.3. The first-order valence-electron chi connectivity index (χ1n) is 15.3. The van der Waals surface area contributed by atoms with Gasteiger partial charge in [-0.15, -0.1) is 0 Å². The number of hydrogen-bond donors (Lipinski definition) is 2. The molecule has 0 spiro atoms. The van der Waals surface area contributed by atoms with E-state index in [0.29, 0.717) is 11.5 Å². The van der Waals surface area contributed by atoms with Crippen LogP contribution in [-0.2, 0) is 0 Å². The molecule has 8 rings (SSSR count). The highest BCUT2D eigenvalue weighted by molar-refractivity contribution is 6.12. The van der Waals surface area contributed by atoms with Gasteiger partial charge in [0.15, 0.2) is 13.6 Å². The third kappa shape index (κ3) is 4.72. The van der Waals surface area contributed by atoms with Gasteiger partial charge in [0.25, 0.3) is 0 Å². The van der Waals surface area contributed by atoms with Crippen molar-refractivity contribution >= 4 is 43.1 Å². The molecular weight excluding hydrogens is 568 g/mol. The maximum absolute atomic E-state index is 9.90. The van der Waals surface area contributed by atoms with Crippen LogP contribution in [0.2, 0.25) is 0 Å². The molecule has 8 aromatic rings. The van der Waals surface area contributed by atoms with Crippen molar-refractivity contribution in [2.24, 2.45) is 0 Å². The van der Waals surface area contributed by atoms with Crippen LogP contribution in [0, 0.1) is 0 Å². The molecule has 0 aliphatic rings. The van der Waals surface area contributed by atoms with Gasteiger partial charge in [-0.2, -0.15) is 0 Å². The maximum atomic E-state index is 9.90. The Bertz CT molecular complexity index is 2230. The summed E-state index contributed by atoms with van der Waals surface area (Å²) in [7, 11) is 0. The summed E-state index contributed by atoms with van der Waals surface area (Å²) < 4.78 is 11.7. The van der Waals surface area contributed by atoms with Crippen molar-refractivity contribution in [3.63, 3.8) is 0 Å². The molecule has 0 aliphatic heterocycles. The Morgan fingerprint density at radius 2 is 0.804 bits per heavy atom. The second kappa shape index (κ2) is 11.7. The highest BCUT2D eigenvalue weighted by Crippen LogP contribution is 2.47. The molecule has 0 bridgehead atoms. The van der Waals surface area contributed by atoms with Crippen molar-refractivity contribution in [1.29, 1.82) is 0 Å². The van der Waals surface area contributed by atoms with Crippen LogP contribution in [0.4, 0.5) is 0 Å². The molecule has 46 heavy (non-hydrogen) atoms. The monoisotopic (exact) mass is 598 g/mol. The second-order valence-electron chi connectivity index (χ2n) is 11.3. The fraction of sp³-hybridized carbons (Fsp3) is 0.0476. The van der Waals surface area contributed by atoms with E-state index in [9.17, 15) is 10.2 Å². The predicted molar refractivity (Wildman–Crippen MR) is 188 cm³/mol. The summed E-state index contributed by atoms with van der Waals surface area (Å²) in [5, 5.41) is 28.5. The fourth-order valence-corrected chi connectivity index (χ4v) is 6.80. The minimum absolute atomic E-state index is 0.473. The van der Waals surface area contributed by atoms with Crippen molar-refractivity contribution < 1.29 is 19.7 Å². The molecule has 0 aliphatic carbocycles. The van der Waals surface area contributed by atoms with Gasteiger partial charge in [0.1, 0.15) is 11.5 Å². The Balaban J connectivity index is 1.36. The smallest absolute Gasteiger partial charge is 0.186 e. The molecule has 4 heteroatoms. The van der Waals surface area contributed by atoms with Crippen LogP contribution in [0.5, 0.6) is 11.5 Å². The summed E-state index contributed by atoms with van der Waals surface area (Å²) in [6.07, 6.45) is 0. The summed E-state index contributed by atoms with van der Waals surface area (Å²) in [6.45, 7) is -0.947.